The lowest BCUT2D eigenvalue weighted by atomic mass is 9.92. The molecule has 0 aromatic carbocycles. The fourth-order valence-electron chi connectivity index (χ4n) is 2.88. The van der Waals surface area contributed by atoms with E-state index in [0.29, 0.717) is 5.54 Å². The predicted molar refractivity (Wildman–Crippen MR) is 73.2 cm³/mol. The quantitative estimate of drug-likeness (QED) is 0.796. The SMILES string of the molecule is CSCCC(C)N1CCNC(C)(C2CC2)C1. The monoisotopic (exact) mass is 242 g/mol. The molecule has 0 bridgehead atoms. The van der Waals surface area contributed by atoms with Gasteiger partial charge in [-0.25, -0.2) is 0 Å². The molecule has 0 aromatic rings. The lowest BCUT2D eigenvalue weighted by molar-refractivity contribution is 0.0934. The van der Waals surface area contributed by atoms with Crippen molar-refractivity contribution in [3.05, 3.63) is 0 Å². The van der Waals surface area contributed by atoms with Gasteiger partial charge in [-0.1, -0.05) is 0 Å². The van der Waals surface area contributed by atoms with Crippen molar-refractivity contribution in [1.29, 1.82) is 0 Å². The van der Waals surface area contributed by atoms with E-state index in [0.717, 1.165) is 12.0 Å². The van der Waals surface area contributed by atoms with Crippen molar-refractivity contribution >= 4 is 11.8 Å². The van der Waals surface area contributed by atoms with Crippen LogP contribution in [0.15, 0.2) is 0 Å². The van der Waals surface area contributed by atoms with Crippen LogP contribution >= 0.6 is 11.8 Å². The van der Waals surface area contributed by atoms with Crippen LogP contribution in [0.4, 0.5) is 0 Å². The normalized spacial score (nSPS) is 33.9. The van der Waals surface area contributed by atoms with Crippen LogP contribution in [-0.4, -0.2) is 48.1 Å². The molecular formula is C13H26N2S. The molecule has 1 aliphatic carbocycles. The van der Waals surface area contributed by atoms with Gasteiger partial charge in [-0.2, -0.15) is 11.8 Å². The maximum absolute atomic E-state index is 3.75. The first-order valence-corrected chi connectivity index (χ1v) is 8.03. The molecule has 2 fully saturated rings. The van der Waals surface area contributed by atoms with E-state index in [-0.39, 0.29) is 0 Å². The maximum atomic E-state index is 3.75. The highest BCUT2D eigenvalue weighted by Gasteiger charge is 2.44. The number of hydrogen-bond acceptors (Lipinski definition) is 3. The zero-order chi connectivity index (χ0) is 11.6. The van der Waals surface area contributed by atoms with Crippen molar-refractivity contribution in [2.75, 3.05) is 31.6 Å². The second kappa shape index (κ2) is 5.28. The number of nitrogens with one attached hydrogen (secondary N) is 1. The van der Waals surface area contributed by atoms with Gasteiger partial charge in [0.25, 0.3) is 0 Å². The summed E-state index contributed by atoms with van der Waals surface area (Å²) in [6.45, 7) is 8.49. The fourth-order valence-corrected chi connectivity index (χ4v) is 3.46. The topological polar surface area (TPSA) is 15.3 Å². The summed E-state index contributed by atoms with van der Waals surface area (Å²) >= 11 is 1.97. The van der Waals surface area contributed by atoms with Gasteiger partial charge >= 0.3 is 0 Å². The first kappa shape index (κ1) is 12.7. The molecule has 0 aromatic heterocycles. The summed E-state index contributed by atoms with van der Waals surface area (Å²) in [7, 11) is 0. The molecule has 1 aliphatic heterocycles. The Balaban J connectivity index is 1.85. The van der Waals surface area contributed by atoms with E-state index in [4.69, 9.17) is 0 Å². The molecule has 1 saturated heterocycles. The average molecular weight is 242 g/mol. The summed E-state index contributed by atoms with van der Waals surface area (Å²) in [6.07, 6.45) is 6.42. The van der Waals surface area contributed by atoms with Gasteiger partial charge < -0.3 is 5.32 Å². The Hall–Kier alpha value is 0.270. The van der Waals surface area contributed by atoms with Crippen molar-refractivity contribution in [3.8, 4) is 0 Å². The van der Waals surface area contributed by atoms with E-state index >= 15 is 0 Å². The molecule has 2 rings (SSSR count). The third-order valence-electron chi connectivity index (χ3n) is 4.30. The van der Waals surface area contributed by atoms with E-state index in [1.54, 1.807) is 0 Å². The molecule has 94 valence electrons. The van der Waals surface area contributed by atoms with Crippen molar-refractivity contribution in [2.45, 2.75) is 44.7 Å². The average Bonchev–Trinajstić information content (AvgIpc) is 3.10. The minimum atomic E-state index is 0.409. The maximum Gasteiger partial charge on any atom is 0.0309 e. The van der Waals surface area contributed by atoms with E-state index in [9.17, 15) is 0 Å². The zero-order valence-corrected chi connectivity index (χ0v) is 11.8. The molecule has 16 heavy (non-hydrogen) atoms. The molecule has 2 atom stereocenters. The van der Waals surface area contributed by atoms with Crippen molar-refractivity contribution in [1.82, 2.24) is 10.2 Å². The minimum absolute atomic E-state index is 0.409. The van der Waals surface area contributed by atoms with Crippen molar-refractivity contribution < 1.29 is 0 Å². The summed E-state index contributed by atoms with van der Waals surface area (Å²) in [5, 5.41) is 3.75. The third-order valence-corrected chi connectivity index (χ3v) is 4.94. The van der Waals surface area contributed by atoms with E-state index < -0.39 is 0 Å². The predicted octanol–water partition coefficient (Wildman–Crippen LogP) is 2.20. The highest BCUT2D eigenvalue weighted by atomic mass is 32.2. The number of thioether (sulfide) groups is 1. The Labute approximate surface area is 105 Å². The number of hydrogen-bond donors (Lipinski definition) is 1. The van der Waals surface area contributed by atoms with E-state index in [2.05, 4.69) is 30.3 Å². The summed E-state index contributed by atoms with van der Waals surface area (Å²) in [5.41, 5.74) is 0.409. The standard InChI is InChI=1S/C13H26N2S/c1-11(6-9-16-3)15-8-7-14-13(2,10-15)12-4-5-12/h11-12,14H,4-10H2,1-3H3. The molecule has 1 saturated carbocycles. The van der Waals surface area contributed by atoms with Gasteiger partial charge in [0.1, 0.15) is 0 Å². The Morgan fingerprint density at radius 2 is 2.25 bits per heavy atom. The van der Waals surface area contributed by atoms with Gasteiger partial charge in [-0.3, -0.25) is 4.90 Å². The molecule has 2 nitrogen and oxygen atoms in total. The second-order valence-corrected chi connectivity index (χ2v) is 6.71. The summed E-state index contributed by atoms with van der Waals surface area (Å²) in [6, 6.07) is 0.757. The lowest BCUT2D eigenvalue weighted by Gasteiger charge is -2.44. The summed E-state index contributed by atoms with van der Waals surface area (Å²) in [5.74, 6) is 2.24. The number of piperazine rings is 1. The summed E-state index contributed by atoms with van der Waals surface area (Å²) in [4.78, 5) is 2.70. The molecule has 0 radical (unpaired) electrons. The van der Waals surface area contributed by atoms with Gasteiger partial charge in [0.05, 0.1) is 0 Å². The Morgan fingerprint density at radius 1 is 1.50 bits per heavy atom. The van der Waals surface area contributed by atoms with Crippen LogP contribution in [0, 0.1) is 5.92 Å². The van der Waals surface area contributed by atoms with E-state index in [1.165, 1.54) is 44.6 Å². The van der Waals surface area contributed by atoms with Gasteiger partial charge in [-0.05, 0) is 51.0 Å². The van der Waals surface area contributed by atoms with Crippen molar-refractivity contribution in [3.63, 3.8) is 0 Å². The third kappa shape index (κ3) is 2.93. The zero-order valence-electron chi connectivity index (χ0n) is 11.0. The molecule has 0 amide bonds. The highest BCUT2D eigenvalue weighted by Crippen LogP contribution is 2.41. The second-order valence-electron chi connectivity index (χ2n) is 5.72. The van der Waals surface area contributed by atoms with Crippen LogP contribution in [0.25, 0.3) is 0 Å². The largest absolute Gasteiger partial charge is 0.309 e. The molecule has 1 heterocycles. The molecule has 2 aliphatic rings. The van der Waals surface area contributed by atoms with Gasteiger partial charge in [0, 0.05) is 31.2 Å². The van der Waals surface area contributed by atoms with Crippen LogP contribution in [0.1, 0.15) is 33.1 Å². The molecule has 1 N–H and O–H groups in total. The Kier molecular flexibility index (Phi) is 4.20. The van der Waals surface area contributed by atoms with Gasteiger partial charge in [0.2, 0.25) is 0 Å². The van der Waals surface area contributed by atoms with Gasteiger partial charge in [0.15, 0.2) is 0 Å². The van der Waals surface area contributed by atoms with Crippen LogP contribution in [0.2, 0.25) is 0 Å². The van der Waals surface area contributed by atoms with Gasteiger partial charge in [-0.15, -0.1) is 0 Å². The van der Waals surface area contributed by atoms with Crippen LogP contribution in [0.3, 0.4) is 0 Å². The molecule has 2 unspecified atom stereocenters. The van der Waals surface area contributed by atoms with Crippen LogP contribution < -0.4 is 5.32 Å². The Morgan fingerprint density at radius 3 is 2.88 bits per heavy atom. The summed E-state index contributed by atoms with van der Waals surface area (Å²) < 4.78 is 0. The molecule has 0 spiro atoms. The number of rotatable bonds is 5. The smallest absolute Gasteiger partial charge is 0.0309 e. The lowest BCUT2D eigenvalue weighted by Crippen LogP contribution is -2.61. The number of nitrogens with zero attached hydrogens (tertiary/aromatic N) is 1. The van der Waals surface area contributed by atoms with Crippen molar-refractivity contribution in [2.24, 2.45) is 5.92 Å². The first-order chi connectivity index (χ1) is 7.65. The minimum Gasteiger partial charge on any atom is -0.309 e. The fraction of sp³-hybridized carbons (Fsp3) is 1.00. The van der Waals surface area contributed by atoms with Crippen LogP contribution in [0.5, 0.6) is 0 Å². The molecule has 3 heteroatoms. The van der Waals surface area contributed by atoms with E-state index in [1.807, 2.05) is 11.8 Å². The highest BCUT2D eigenvalue weighted by molar-refractivity contribution is 7.98. The van der Waals surface area contributed by atoms with Crippen LogP contribution in [-0.2, 0) is 0 Å². The Bertz CT molecular complexity index is 230. The first-order valence-electron chi connectivity index (χ1n) is 6.64. The molecular weight excluding hydrogens is 216 g/mol.